The van der Waals surface area contributed by atoms with Crippen LogP contribution in [0.4, 0.5) is 0 Å². The molecule has 0 saturated heterocycles. The van der Waals surface area contributed by atoms with Crippen LogP contribution >= 0.6 is 0 Å². The molecule has 0 aromatic rings. The number of hydrogen-bond acceptors (Lipinski definition) is 3. The molecule has 0 aromatic carbocycles. The lowest BCUT2D eigenvalue weighted by Crippen LogP contribution is -2.47. The number of hydrogen-bond donors (Lipinski definition) is 1. The van der Waals surface area contributed by atoms with E-state index in [1.807, 2.05) is 0 Å². The average Bonchev–Trinajstić information content (AvgIpc) is 2.45. The summed E-state index contributed by atoms with van der Waals surface area (Å²) in [6.07, 6.45) is 6.80. The minimum atomic E-state index is -0.383. The van der Waals surface area contributed by atoms with Crippen molar-refractivity contribution in [2.75, 3.05) is 6.61 Å². The second-order valence-corrected chi connectivity index (χ2v) is 7.21. The molecule has 1 rings (SSSR count). The highest BCUT2D eigenvalue weighted by molar-refractivity contribution is 5.06. The lowest BCUT2D eigenvalue weighted by molar-refractivity contribution is -0.000438. The minimum absolute atomic E-state index is 0.339. The van der Waals surface area contributed by atoms with E-state index in [0.717, 1.165) is 37.7 Å². The van der Waals surface area contributed by atoms with Crippen LogP contribution in [-0.4, -0.2) is 24.3 Å². The Balaban J connectivity index is 2.30. The molecule has 4 unspecified atom stereocenters. The van der Waals surface area contributed by atoms with Crippen molar-refractivity contribution in [1.82, 2.24) is 5.32 Å². The van der Waals surface area contributed by atoms with Crippen LogP contribution in [0.5, 0.6) is 0 Å². The highest BCUT2D eigenvalue weighted by Crippen LogP contribution is 2.31. The van der Waals surface area contributed by atoms with Crippen LogP contribution in [0.2, 0.25) is 0 Å². The molecule has 21 heavy (non-hydrogen) atoms. The van der Waals surface area contributed by atoms with Crippen LogP contribution in [0, 0.1) is 23.2 Å². The molecule has 0 spiro atoms. The van der Waals surface area contributed by atoms with Crippen molar-refractivity contribution in [2.24, 2.45) is 11.8 Å². The molecule has 0 bridgehead atoms. The van der Waals surface area contributed by atoms with Crippen molar-refractivity contribution >= 4 is 0 Å². The fourth-order valence-corrected chi connectivity index (χ4v) is 3.34. The van der Waals surface area contributed by atoms with Gasteiger partial charge in [0.1, 0.15) is 5.54 Å². The van der Waals surface area contributed by atoms with Crippen molar-refractivity contribution in [2.45, 2.75) is 90.8 Å². The van der Waals surface area contributed by atoms with Crippen LogP contribution < -0.4 is 5.32 Å². The fourth-order valence-electron chi connectivity index (χ4n) is 3.34. The van der Waals surface area contributed by atoms with Crippen LogP contribution in [0.3, 0.4) is 0 Å². The van der Waals surface area contributed by atoms with Gasteiger partial charge in [0.05, 0.1) is 12.2 Å². The highest BCUT2D eigenvalue weighted by Gasteiger charge is 2.28. The summed E-state index contributed by atoms with van der Waals surface area (Å²) in [5, 5.41) is 12.9. The van der Waals surface area contributed by atoms with Gasteiger partial charge in [-0.1, -0.05) is 20.8 Å². The van der Waals surface area contributed by atoms with E-state index in [1.54, 1.807) is 0 Å². The molecule has 0 radical (unpaired) electrons. The first-order chi connectivity index (χ1) is 9.92. The topological polar surface area (TPSA) is 45.0 Å². The summed E-state index contributed by atoms with van der Waals surface area (Å²) >= 11 is 0. The van der Waals surface area contributed by atoms with E-state index in [9.17, 15) is 5.26 Å². The Labute approximate surface area is 131 Å². The van der Waals surface area contributed by atoms with Gasteiger partial charge in [0.15, 0.2) is 0 Å². The summed E-state index contributed by atoms with van der Waals surface area (Å²) in [6, 6.07) is 2.82. The van der Waals surface area contributed by atoms with Gasteiger partial charge in [-0.2, -0.15) is 5.26 Å². The maximum absolute atomic E-state index is 9.48. The summed E-state index contributed by atoms with van der Waals surface area (Å²) < 4.78 is 6.05. The maximum atomic E-state index is 9.48. The second-order valence-electron chi connectivity index (χ2n) is 7.21. The van der Waals surface area contributed by atoms with E-state index in [2.05, 4.69) is 46.0 Å². The lowest BCUT2D eigenvalue weighted by Gasteiger charge is -2.32. The molecular formula is C18H34N2O. The molecule has 1 fully saturated rings. The molecule has 3 heteroatoms. The van der Waals surface area contributed by atoms with E-state index < -0.39 is 0 Å². The zero-order valence-electron chi connectivity index (χ0n) is 14.6. The van der Waals surface area contributed by atoms with Gasteiger partial charge in [0.25, 0.3) is 0 Å². The first kappa shape index (κ1) is 18.5. The van der Waals surface area contributed by atoms with Crippen molar-refractivity contribution in [1.29, 1.82) is 5.26 Å². The fraction of sp³-hybridized carbons (Fsp3) is 0.944. The smallest absolute Gasteiger partial charge is 0.106 e. The summed E-state index contributed by atoms with van der Waals surface area (Å²) in [5.74, 6) is 1.62. The molecule has 1 aliphatic carbocycles. The van der Waals surface area contributed by atoms with E-state index in [1.165, 1.54) is 19.3 Å². The Bertz CT molecular complexity index is 337. The Morgan fingerprint density at radius 1 is 1.29 bits per heavy atom. The Hall–Kier alpha value is -0.590. The third kappa shape index (κ3) is 5.96. The monoisotopic (exact) mass is 294 g/mol. The normalized spacial score (nSPS) is 29.1. The van der Waals surface area contributed by atoms with Gasteiger partial charge in [0, 0.05) is 12.6 Å². The Kier molecular flexibility index (Phi) is 7.70. The maximum Gasteiger partial charge on any atom is 0.106 e. The molecule has 1 saturated carbocycles. The van der Waals surface area contributed by atoms with Gasteiger partial charge in [-0.25, -0.2) is 0 Å². The van der Waals surface area contributed by atoms with Gasteiger partial charge in [-0.15, -0.1) is 0 Å². The molecule has 0 amide bonds. The zero-order chi connectivity index (χ0) is 15.9. The first-order valence-electron chi connectivity index (χ1n) is 8.73. The van der Waals surface area contributed by atoms with Crippen molar-refractivity contribution in [3.05, 3.63) is 0 Å². The largest absolute Gasteiger partial charge is 0.378 e. The van der Waals surface area contributed by atoms with Gasteiger partial charge in [-0.3, -0.25) is 5.32 Å². The van der Waals surface area contributed by atoms with E-state index >= 15 is 0 Å². The lowest BCUT2D eigenvalue weighted by atomic mass is 9.80. The summed E-state index contributed by atoms with van der Waals surface area (Å²) in [4.78, 5) is 0. The van der Waals surface area contributed by atoms with Crippen LogP contribution in [0.15, 0.2) is 0 Å². The molecule has 0 aromatic heterocycles. The molecule has 0 aliphatic heterocycles. The van der Waals surface area contributed by atoms with Crippen LogP contribution in [0.25, 0.3) is 0 Å². The molecular weight excluding hydrogens is 260 g/mol. The molecule has 0 heterocycles. The van der Waals surface area contributed by atoms with Crippen LogP contribution in [-0.2, 0) is 4.74 Å². The summed E-state index contributed by atoms with van der Waals surface area (Å²) in [7, 11) is 0. The third-order valence-electron chi connectivity index (χ3n) is 5.03. The number of rotatable bonds is 8. The van der Waals surface area contributed by atoms with E-state index in [-0.39, 0.29) is 5.54 Å². The minimum Gasteiger partial charge on any atom is -0.378 e. The third-order valence-corrected chi connectivity index (χ3v) is 5.03. The highest BCUT2D eigenvalue weighted by atomic mass is 16.5. The van der Waals surface area contributed by atoms with Gasteiger partial charge in [-0.05, 0) is 64.2 Å². The Morgan fingerprint density at radius 3 is 2.52 bits per heavy atom. The van der Waals surface area contributed by atoms with Gasteiger partial charge < -0.3 is 4.74 Å². The summed E-state index contributed by atoms with van der Waals surface area (Å²) in [6.45, 7) is 11.8. The number of nitrogens with one attached hydrogen (secondary N) is 1. The number of nitrogens with zero attached hydrogens (tertiary/aromatic N) is 1. The molecule has 4 atom stereocenters. The van der Waals surface area contributed by atoms with Gasteiger partial charge in [0.2, 0.25) is 0 Å². The summed E-state index contributed by atoms with van der Waals surface area (Å²) in [5.41, 5.74) is -0.383. The van der Waals surface area contributed by atoms with Crippen LogP contribution in [0.1, 0.15) is 73.1 Å². The molecule has 122 valence electrons. The number of nitriles is 1. The average molecular weight is 294 g/mol. The number of ether oxygens (including phenoxy) is 1. The zero-order valence-corrected chi connectivity index (χ0v) is 14.6. The predicted octanol–water partition coefficient (Wildman–Crippen LogP) is 4.28. The van der Waals surface area contributed by atoms with E-state index in [0.29, 0.717) is 12.1 Å². The van der Waals surface area contributed by atoms with E-state index in [4.69, 9.17) is 4.74 Å². The standard InChI is InChI=1S/C18H34N2O/c1-6-18(13-19,20-14(2)3)10-7-11-21-17-9-8-15(4)16(5)12-17/h14-17,20H,6-12H2,1-5H3. The van der Waals surface area contributed by atoms with Crippen molar-refractivity contribution in [3.8, 4) is 6.07 Å². The predicted molar refractivity (Wildman–Crippen MR) is 88.1 cm³/mol. The SMILES string of the molecule is CCC(C#N)(CCCOC1CCC(C)C(C)C1)NC(C)C. The van der Waals surface area contributed by atoms with Crippen molar-refractivity contribution in [3.63, 3.8) is 0 Å². The molecule has 1 N–H and O–H groups in total. The molecule has 3 nitrogen and oxygen atoms in total. The first-order valence-corrected chi connectivity index (χ1v) is 8.73. The van der Waals surface area contributed by atoms with Gasteiger partial charge >= 0.3 is 0 Å². The Morgan fingerprint density at radius 2 is 2.00 bits per heavy atom. The molecule has 1 aliphatic rings. The quantitative estimate of drug-likeness (QED) is 0.680. The second kappa shape index (κ2) is 8.76. The van der Waals surface area contributed by atoms with Crippen molar-refractivity contribution < 1.29 is 4.74 Å².